The van der Waals surface area contributed by atoms with E-state index >= 15 is 0 Å². The van der Waals surface area contributed by atoms with Crippen LogP contribution >= 0.6 is 0 Å². The summed E-state index contributed by atoms with van der Waals surface area (Å²) in [4.78, 5) is 36.9. The van der Waals surface area contributed by atoms with Crippen LogP contribution in [0.15, 0.2) is 24.3 Å². The Morgan fingerprint density at radius 2 is 2.18 bits per heavy atom. The monoisotopic (exact) mass is 309 g/mol. The Morgan fingerprint density at radius 3 is 2.82 bits per heavy atom. The minimum absolute atomic E-state index is 0.0191. The van der Waals surface area contributed by atoms with Crippen LogP contribution in [-0.2, 0) is 9.59 Å². The van der Waals surface area contributed by atoms with E-state index in [4.69, 9.17) is 4.74 Å². The van der Waals surface area contributed by atoms with Crippen LogP contribution in [0.2, 0.25) is 0 Å². The number of amides is 4. The number of hydrogen-bond acceptors (Lipinski definition) is 4. The highest BCUT2D eigenvalue weighted by atomic mass is 19.1. The molecule has 2 rings (SSSR count). The molecule has 0 unspecified atom stereocenters. The average molecular weight is 309 g/mol. The van der Waals surface area contributed by atoms with Crippen LogP contribution in [0.1, 0.15) is 0 Å². The van der Waals surface area contributed by atoms with Gasteiger partial charge in [0.15, 0.2) is 0 Å². The zero-order chi connectivity index (χ0) is 16.1. The van der Waals surface area contributed by atoms with Gasteiger partial charge >= 0.3 is 6.03 Å². The van der Waals surface area contributed by atoms with Crippen molar-refractivity contribution in [3.05, 3.63) is 30.1 Å². The van der Waals surface area contributed by atoms with Crippen molar-refractivity contribution in [1.29, 1.82) is 0 Å². The Kier molecular flexibility index (Phi) is 4.92. The minimum atomic E-state index is -0.490. The number of imide groups is 1. The fourth-order valence-electron chi connectivity index (χ4n) is 1.94. The molecule has 1 heterocycles. The number of benzene rings is 1. The van der Waals surface area contributed by atoms with Crippen molar-refractivity contribution < 1.29 is 23.5 Å². The van der Waals surface area contributed by atoms with Crippen molar-refractivity contribution in [2.75, 3.05) is 33.3 Å². The largest absolute Gasteiger partial charge is 0.492 e. The molecule has 0 saturated carbocycles. The van der Waals surface area contributed by atoms with E-state index in [2.05, 4.69) is 5.32 Å². The van der Waals surface area contributed by atoms with Gasteiger partial charge in [0.05, 0.1) is 6.54 Å². The standard InChI is InChI=1S/C14H16FN3O4/c1-17-9-13(20)18(14(17)21)8-12(19)16-5-6-22-11-4-2-3-10(15)7-11/h2-4,7H,5-6,8-9H2,1H3,(H,16,19). The second kappa shape index (κ2) is 6.88. The summed E-state index contributed by atoms with van der Waals surface area (Å²) in [6.45, 7) is -0.00480. The first-order valence-corrected chi connectivity index (χ1v) is 6.68. The summed E-state index contributed by atoms with van der Waals surface area (Å²) in [5, 5.41) is 2.53. The number of likely N-dealkylation sites (N-methyl/N-ethyl adjacent to an activating group) is 1. The van der Waals surface area contributed by atoms with Crippen LogP contribution < -0.4 is 10.1 Å². The number of hydrogen-bond donors (Lipinski definition) is 1. The Morgan fingerprint density at radius 1 is 1.41 bits per heavy atom. The lowest BCUT2D eigenvalue weighted by molar-refractivity contribution is -0.130. The summed E-state index contributed by atoms with van der Waals surface area (Å²) in [5.74, 6) is -0.906. The quantitative estimate of drug-likeness (QED) is 0.602. The average Bonchev–Trinajstić information content (AvgIpc) is 2.70. The highest BCUT2D eigenvalue weighted by molar-refractivity contribution is 6.04. The summed E-state index contributed by atoms with van der Waals surface area (Å²) in [5.41, 5.74) is 0. The third kappa shape index (κ3) is 3.94. The molecular weight excluding hydrogens is 293 g/mol. The Labute approximate surface area is 126 Å². The van der Waals surface area contributed by atoms with E-state index in [1.165, 1.54) is 30.1 Å². The van der Waals surface area contributed by atoms with Crippen LogP contribution in [0.5, 0.6) is 5.75 Å². The molecule has 1 N–H and O–H groups in total. The van der Waals surface area contributed by atoms with Gasteiger partial charge in [0.25, 0.3) is 5.91 Å². The molecule has 0 atom stereocenters. The Hall–Kier alpha value is -2.64. The predicted octanol–water partition coefficient (Wildman–Crippen LogP) is 0.215. The van der Waals surface area contributed by atoms with Gasteiger partial charge in [-0.15, -0.1) is 0 Å². The first kappa shape index (κ1) is 15.7. The van der Waals surface area contributed by atoms with Crippen LogP contribution in [0.25, 0.3) is 0 Å². The molecule has 1 aromatic rings. The summed E-state index contributed by atoms with van der Waals surface area (Å²) in [7, 11) is 1.49. The first-order chi connectivity index (χ1) is 10.5. The van der Waals surface area contributed by atoms with Gasteiger partial charge in [0.1, 0.15) is 31.3 Å². The van der Waals surface area contributed by atoms with Gasteiger partial charge in [-0.05, 0) is 12.1 Å². The summed E-state index contributed by atoms with van der Waals surface area (Å²) >= 11 is 0. The minimum Gasteiger partial charge on any atom is -0.492 e. The molecule has 1 aliphatic rings. The van der Waals surface area contributed by atoms with E-state index < -0.39 is 23.7 Å². The Balaban J connectivity index is 1.70. The van der Waals surface area contributed by atoms with Gasteiger partial charge in [-0.25, -0.2) is 9.18 Å². The zero-order valence-corrected chi connectivity index (χ0v) is 12.0. The van der Waals surface area contributed by atoms with Crippen molar-refractivity contribution in [3.63, 3.8) is 0 Å². The maximum atomic E-state index is 12.9. The fraction of sp³-hybridized carbons (Fsp3) is 0.357. The highest BCUT2D eigenvalue weighted by Crippen LogP contribution is 2.11. The molecule has 0 bridgehead atoms. The van der Waals surface area contributed by atoms with Gasteiger partial charge in [0.2, 0.25) is 5.91 Å². The third-order valence-electron chi connectivity index (χ3n) is 3.02. The van der Waals surface area contributed by atoms with Crippen molar-refractivity contribution >= 4 is 17.8 Å². The molecule has 0 spiro atoms. The normalized spacial score (nSPS) is 14.5. The molecule has 1 aromatic carbocycles. The lowest BCUT2D eigenvalue weighted by atomic mass is 10.3. The lowest BCUT2D eigenvalue weighted by Crippen LogP contribution is -2.42. The van der Waals surface area contributed by atoms with E-state index in [9.17, 15) is 18.8 Å². The van der Waals surface area contributed by atoms with E-state index in [0.717, 1.165) is 4.90 Å². The molecule has 8 heteroatoms. The molecule has 1 fully saturated rings. The van der Waals surface area contributed by atoms with Crippen LogP contribution in [0.3, 0.4) is 0 Å². The number of carbonyl (C=O) groups is 3. The lowest BCUT2D eigenvalue weighted by Gasteiger charge is -2.14. The van der Waals surface area contributed by atoms with Crippen molar-refractivity contribution in [2.45, 2.75) is 0 Å². The van der Waals surface area contributed by atoms with Gasteiger partial charge in [0, 0.05) is 13.1 Å². The van der Waals surface area contributed by atoms with Crippen LogP contribution in [-0.4, -0.2) is 60.9 Å². The molecule has 0 radical (unpaired) electrons. The molecule has 0 aromatic heterocycles. The molecule has 7 nitrogen and oxygen atoms in total. The van der Waals surface area contributed by atoms with E-state index in [1.54, 1.807) is 6.07 Å². The molecule has 1 saturated heterocycles. The van der Waals surface area contributed by atoms with Crippen LogP contribution in [0.4, 0.5) is 9.18 Å². The van der Waals surface area contributed by atoms with Crippen molar-refractivity contribution in [3.8, 4) is 5.75 Å². The number of rotatable bonds is 6. The highest BCUT2D eigenvalue weighted by Gasteiger charge is 2.34. The number of urea groups is 1. The number of halogens is 1. The van der Waals surface area contributed by atoms with Crippen molar-refractivity contribution in [2.24, 2.45) is 0 Å². The summed E-state index contributed by atoms with van der Waals surface area (Å²) in [6, 6.07) is 5.16. The van der Waals surface area contributed by atoms with E-state index in [-0.39, 0.29) is 26.2 Å². The van der Waals surface area contributed by atoms with Crippen molar-refractivity contribution in [1.82, 2.24) is 15.1 Å². The fourth-order valence-corrected chi connectivity index (χ4v) is 1.94. The van der Waals surface area contributed by atoms with Gasteiger partial charge < -0.3 is 15.0 Å². The SMILES string of the molecule is CN1CC(=O)N(CC(=O)NCCOc2cccc(F)c2)C1=O. The number of carbonyl (C=O) groups excluding carboxylic acids is 3. The maximum Gasteiger partial charge on any atom is 0.327 e. The van der Waals surface area contributed by atoms with Gasteiger partial charge in [-0.1, -0.05) is 6.07 Å². The van der Waals surface area contributed by atoms with Crippen LogP contribution in [0, 0.1) is 5.82 Å². The van der Waals surface area contributed by atoms with E-state index in [1.807, 2.05) is 0 Å². The predicted molar refractivity (Wildman–Crippen MR) is 74.6 cm³/mol. The molecule has 22 heavy (non-hydrogen) atoms. The molecule has 1 aliphatic heterocycles. The summed E-state index contributed by atoms with van der Waals surface area (Å²) < 4.78 is 18.2. The number of ether oxygens (including phenoxy) is 1. The second-order valence-electron chi connectivity index (χ2n) is 4.77. The van der Waals surface area contributed by atoms with Gasteiger partial charge in [-0.2, -0.15) is 0 Å². The smallest absolute Gasteiger partial charge is 0.327 e. The third-order valence-corrected chi connectivity index (χ3v) is 3.02. The summed E-state index contributed by atoms with van der Waals surface area (Å²) in [6.07, 6.45) is 0. The molecular formula is C14H16FN3O4. The molecule has 4 amide bonds. The molecule has 0 aliphatic carbocycles. The first-order valence-electron chi connectivity index (χ1n) is 6.68. The number of nitrogens with zero attached hydrogens (tertiary/aromatic N) is 2. The maximum absolute atomic E-state index is 12.9. The molecule has 118 valence electrons. The Bertz CT molecular complexity index is 593. The number of nitrogens with one attached hydrogen (secondary N) is 1. The van der Waals surface area contributed by atoms with Gasteiger partial charge in [-0.3, -0.25) is 14.5 Å². The van der Waals surface area contributed by atoms with E-state index in [0.29, 0.717) is 5.75 Å². The zero-order valence-electron chi connectivity index (χ0n) is 12.0. The topological polar surface area (TPSA) is 79.0 Å². The second-order valence-corrected chi connectivity index (χ2v) is 4.77.